The van der Waals surface area contributed by atoms with Gasteiger partial charge in [-0.2, -0.15) is 10.5 Å². The molecule has 1 amide bonds. The Labute approximate surface area is 149 Å². The monoisotopic (exact) mass is 336 g/mol. The fraction of sp³-hybridized carbons (Fsp3) is 0.550. The van der Waals surface area contributed by atoms with Crippen molar-refractivity contribution in [3.8, 4) is 12.1 Å². The zero-order valence-electron chi connectivity index (χ0n) is 14.5. The van der Waals surface area contributed by atoms with Gasteiger partial charge in [0.05, 0.1) is 31.5 Å². The molecule has 130 valence electrons. The van der Waals surface area contributed by atoms with Crippen LogP contribution in [0, 0.1) is 22.7 Å². The average Bonchev–Trinajstić information content (AvgIpc) is 3.39. The Bertz CT molecular complexity index is 680. The SMILES string of the molecule is N#CCCN(CCC#N)C(=O)CN(C1CC1)C1CCc2ccccc21. The first-order valence-electron chi connectivity index (χ1n) is 9.10. The van der Waals surface area contributed by atoms with Crippen molar-refractivity contribution in [1.29, 1.82) is 10.5 Å². The molecule has 0 aromatic heterocycles. The van der Waals surface area contributed by atoms with Crippen molar-refractivity contribution in [2.24, 2.45) is 0 Å². The molecule has 0 N–H and O–H groups in total. The summed E-state index contributed by atoms with van der Waals surface area (Å²) >= 11 is 0. The Kier molecular flexibility index (Phi) is 5.68. The second kappa shape index (κ2) is 8.14. The number of fused-ring (bicyclic) bond motifs is 1. The van der Waals surface area contributed by atoms with Crippen molar-refractivity contribution in [1.82, 2.24) is 9.80 Å². The Morgan fingerprint density at radius 1 is 1.08 bits per heavy atom. The van der Waals surface area contributed by atoms with Gasteiger partial charge in [-0.1, -0.05) is 24.3 Å². The van der Waals surface area contributed by atoms with Crippen LogP contribution in [0.1, 0.15) is 49.3 Å². The van der Waals surface area contributed by atoms with Gasteiger partial charge in [0.15, 0.2) is 0 Å². The summed E-state index contributed by atoms with van der Waals surface area (Å²) in [6, 6.07) is 13.5. The number of carbonyl (C=O) groups excluding carboxylic acids is 1. The molecule has 1 saturated carbocycles. The summed E-state index contributed by atoms with van der Waals surface area (Å²) in [5.74, 6) is 0.0433. The van der Waals surface area contributed by atoms with Crippen LogP contribution in [0.5, 0.6) is 0 Å². The van der Waals surface area contributed by atoms with E-state index in [1.54, 1.807) is 4.90 Å². The number of carbonyl (C=O) groups is 1. The van der Waals surface area contributed by atoms with E-state index in [1.165, 1.54) is 11.1 Å². The minimum absolute atomic E-state index is 0.0433. The maximum Gasteiger partial charge on any atom is 0.236 e. The highest BCUT2D eigenvalue weighted by atomic mass is 16.2. The molecule has 0 heterocycles. The standard InChI is InChI=1S/C20H24N4O/c21-11-3-13-23(14-4-12-22)20(25)15-24(17-8-9-17)19-10-7-16-5-1-2-6-18(16)19/h1-2,5-6,17,19H,3-4,7-10,13-15H2. The van der Waals surface area contributed by atoms with E-state index in [-0.39, 0.29) is 5.91 Å². The van der Waals surface area contributed by atoms with Crippen LogP contribution in [0.4, 0.5) is 0 Å². The van der Waals surface area contributed by atoms with Gasteiger partial charge in [-0.3, -0.25) is 9.69 Å². The molecule has 25 heavy (non-hydrogen) atoms. The van der Waals surface area contributed by atoms with Crippen LogP contribution < -0.4 is 0 Å². The van der Waals surface area contributed by atoms with Crippen LogP contribution >= 0.6 is 0 Å². The number of hydrogen-bond donors (Lipinski definition) is 0. The average molecular weight is 336 g/mol. The fourth-order valence-corrected chi connectivity index (χ4v) is 3.77. The fourth-order valence-electron chi connectivity index (χ4n) is 3.77. The van der Waals surface area contributed by atoms with E-state index >= 15 is 0 Å². The Hall–Kier alpha value is -2.37. The van der Waals surface area contributed by atoms with E-state index in [4.69, 9.17) is 10.5 Å². The lowest BCUT2D eigenvalue weighted by Crippen LogP contribution is -2.43. The van der Waals surface area contributed by atoms with Crippen molar-refractivity contribution in [3.63, 3.8) is 0 Å². The van der Waals surface area contributed by atoms with Gasteiger partial charge in [0.25, 0.3) is 0 Å². The van der Waals surface area contributed by atoms with Crippen molar-refractivity contribution in [2.75, 3.05) is 19.6 Å². The molecule has 0 saturated heterocycles. The van der Waals surface area contributed by atoms with E-state index < -0.39 is 0 Å². The highest BCUT2D eigenvalue weighted by Gasteiger charge is 2.38. The number of nitriles is 2. The normalized spacial score (nSPS) is 18.4. The predicted molar refractivity (Wildman–Crippen MR) is 94.3 cm³/mol. The molecule has 0 bridgehead atoms. The second-order valence-electron chi connectivity index (χ2n) is 6.85. The maximum absolute atomic E-state index is 12.8. The van der Waals surface area contributed by atoms with Crippen molar-refractivity contribution in [2.45, 2.75) is 50.6 Å². The van der Waals surface area contributed by atoms with Crippen molar-refractivity contribution >= 4 is 5.91 Å². The predicted octanol–water partition coefficient (Wildman–Crippen LogP) is 2.79. The summed E-state index contributed by atoms with van der Waals surface area (Å²) in [5.41, 5.74) is 2.76. The topological polar surface area (TPSA) is 71.1 Å². The molecule has 5 nitrogen and oxygen atoms in total. The molecule has 3 rings (SSSR count). The molecular formula is C20H24N4O. The molecule has 0 aliphatic heterocycles. The van der Waals surface area contributed by atoms with E-state index in [0.29, 0.717) is 44.6 Å². The van der Waals surface area contributed by atoms with Gasteiger partial charge in [-0.25, -0.2) is 0 Å². The molecule has 2 aliphatic carbocycles. The van der Waals surface area contributed by atoms with Crippen molar-refractivity contribution in [3.05, 3.63) is 35.4 Å². The summed E-state index contributed by atoms with van der Waals surface area (Å²) in [5, 5.41) is 17.6. The molecular weight excluding hydrogens is 312 g/mol. The second-order valence-corrected chi connectivity index (χ2v) is 6.85. The van der Waals surface area contributed by atoms with Gasteiger partial charge >= 0.3 is 0 Å². The zero-order valence-corrected chi connectivity index (χ0v) is 14.5. The summed E-state index contributed by atoms with van der Waals surface area (Å²) in [6.07, 6.45) is 5.08. The Morgan fingerprint density at radius 2 is 1.76 bits per heavy atom. The number of nitrogens with zero attached hydrogens (tertiary/aromatic N) is 4. The number of benzene rings is 1. The van der Waals surface area contributed by atoms with Gasteiger partial charge in [0.2, 0.25) is 5.91 Å². The highest BCUT2D eigenvalue weighted by Crippen LogP contribution is 2.41. The van der Waals surface area contributed by atoms with E-state index in [1.807, 2.05) is 0 Å². The van der Waals surface area contributed by atoms with E-state index in [0.717, 1.165) is 25.7 Å². The molecule has 5 heteroatoms. The van der Waals surface area contributed by atoms with Gasteiger partial charge in [0, 0.05) is 25.2 Å². The maximum atomic E-state index is 12.8. The summed E-state index contributed by atoms with van der Waals surface area (Å²) < 4.78 is 0. The van der Waals surface area contributed by atoms with Crippen LogP contribution in [0.3, 0.4) is 0 Å². The van der Waals surface area contributed by atoms with Crippen LogP contribution in [0.15, 0.2) is 24.3 Å². The first kappa shape index (κ1) is 17.5. The molecule has 2 aliphatic rings. The third kappa shape index (κ3) is 4.18. The minimum atomic E-state index is 0.0433. The third-order valence-electron chi connectivity index (χ3n) is 5.18. The summed E-state index contributed by atoms with van der Waals surface area (Å²) in [7, 11) is 0. The van der Waals surface area contributed by atoms with Gasteiger partial charge in [-0.05, 0) is 36.8 Å². The minimum Gasteiger partial charge on any atom is -0.340 e. The Morgan fingerprint density at radius 3 is 2.40 bits per heavy atom. The number of rotatable bonds is 8. The number of amides is 1. The lowest BCUT2D eigenvalue weighted by Gasteiger charge is -2.31. The van der Waals surface area contributed by atoms with E-state index in [9.17, 15) is 4.79 Å². The smallest absolute Gasteiger partial charge is 0.236 e. The van der Waals surface area contributed by atoms with Crippen LogP contribution in [0.2, 0.25) is 0 Å². The van der Waals surface area contributed by atoms with Crippen molar-refractivity contribution < 1.29 is 4.79 Å². The third-order valence-corrected chi connectivity index (χ3v) is 5.18. The van der Waals surface area contributed by atoms with E-state index in [2.05, 4.69) is 41.3 Å². The quantitative estimate of drug-likeness (QED) is 0.732. The molecule has 0 spiro atoms. The van der Waals surface area contributed by atoms with Gasteiger partial charge < -0.3 is 4.90 Å². The molecule has 0 radical (unpaired) electrons. The number of hydrogen-bond acceptors (Lipinski definition) is 4. The first-order chi connectivity index (χ1) is 12.2. The first-order valence-corrected chi connectivity index (χ1v) is 9.10. The lowest BCUT2D eigenvalue weighted by molar-refractivity contribution is -0.133. The molecule has 1 atom stereocenters. The summed E-state index contributed by atoms with van der Waals surface area (Å²) in [4.78, 5) is 16.9. The zero-order chi connectivity index (χ0) is 17.6. The van der Waals surface area contributed by atoms with Gasteiger partial charge in [0.1, 0.15) is 0 Å². The summed E-state index contributed by atoms with van der Waals surface area (Å²) in [6.45, 7) is 1.22. The largest absolute Gasteiger partial charge is 0.340 e. The van der Waals surface area contributed by atoms with Crippen LogP contribution in [-0.4, -0.2) is 41.4 Å². The molecule has 1 unspecified atom stereocenters. The van der Waals surface area contributed by atoms with Gasteiger partial charge in [-0.15, -0.1) is 0 Å². The molecule has 1 fully saturated rings. The molecule has 1 aromatic carbocycles. The van der Waals surface area contributed by atoms with Crippen LogP contribution in [-0.2, 0) is 11.2 Å². The highest BCUT2D eigenvalue weighted by molar-refractivity contribution is 5.78. The molecule has 1 aromatic rings. The van der Waals surface area contributed by atoms with Crippen LogP contribution in [0.25, 0.3) is 0 Å². The lowest BCUT2D eigenvalue weighted by atomic mass is 10.1. The Balaban J connectivity index is 1.70. The number of aryl methyl sites for hydroxylation is 1.